The number of hydrogen-bond acceptors (Lipinski definition) is 1. The predicted molar refractivity (Wildman–Crippen MR) is 57.7 cm³/mol. The lowest BCUT2D eigenvalue weighted by molar-refractivity contribution is 0.101. The Morgan fingerprint density at radius 1 is 1.36 bits per heavy atom. The summed E-state index contributed by atoms with van der Waals surface area (Å²) in [6, 6.07) is 7.86. The number of carbonyl (C=O) groups is 1. The molecule has 0 fully saturated rings. The minimum absolute atomic E-state index is 0.117. The maximum atomic E-state index is 11.2. The maximum absolute atomic E-state index is 11.2. The first kappa shape index (κ1) is 9.00. The summed E-state index contributed by atoms with van der Waals surface area (Å²) in [6.07, 6.45) is 0.990. The van der Waals surface area contributed by atoms with Crippen LogP contribution in [-0.4, -0.2) is 10.8 Å². The van der Waals surface area contributed by atoms with Crippen molar-refractivity contribution >= 4 is 16.7 Å². The maximum Gasteiger partial charge on any atom is 0.159 e. The van der Waals surface area contributed by atoms with Crippen LogP contribution in [0.2, 0.25) is 0 Å². The molecule has 0 aliphatic heterocycles. The zero-order chi connectivity index (χ0) is 10.1. The van der Waals surface area contributed by atoms with Gasteiger partial charge in [0.1, 0.15) is 0 Å². The van der Waals surface area contributed by atoms with Crippen LogP contribution in [0.1, 0.15) is 29.9 Å². The highest BCUT2D eigenvalue weighted by Crippen LogP contribution is 2.17. The van der Waals surface area contributed by atoms with Gasteiger partial charge in [0.2, 0.25) is 0 Å². The summed E-state index contributed by atoms with van der Waals surface area (Å²) >= 11 is 0. The van der Waals surface area contributed by atoms with Crippen molar-refractivity contribution in [2.24, 2.45) is 0 Å². The van der Waals surface area contributed by atoms with Gasteiger partial charge in [0.15, 0.2) is 5.78 Å². The van der Waals surface area contributed by atoms with Gasteiger partial charge in [0.25, 0.3) is 0 Å². The van der Waals surface area contributed by atoms with Crippen molar-refractivity contribution in [1.29, 1.82) is 0 Å². The average molecular weight is 187 g/mol. The molecule has 2 aromatic rings. The van der Waals surface area contributed by atoms with Crippen molar-refractivity contribution in [2.45, 2.75) is 20.3 Å². The standard InChI is InChI=1S/C12H13NO/c1-3-11-7-10-6-9(8(2)14)4-5-12(10)13-11/h4-7,13H,3H2,1-2H3. The summed E-state index contributed by atoms with van der Waals surface area (Å²) in [5.74, 6) is 0.117. The molecule has 1 N–H and O–H groups in total. The SMILES string of the molecule is CCc1cc2cc(C(C)=O)ccc2[nH]1. The van der Waals surface area contributed by atoms with E-state index in [4.69, 9.17) is 0 Å². The van der Waals surface area contributed by atoms with E-state index < -0.39 is 0 Å². The van der Waals surface area contributed by atoms with Crippen molar-refractivity contribution in [3.63, 3.8) is 0 Å². The van der Waals surface area contributed by atoms with Gasteiger partial charge in [0.05, 0.1) is 0 Å². The highest BCUT2D eigenvalue weighted by molar-refractivity contribution is 5.98. The van der Waals surface area contributed by atoms with Gasteiger partial charge in [-0.1, -0.05) is 6.92 Å². The molecule has 0 bridgehead atoms. The number of rotatable bonds is 2. The minimum atomic E-state index is 0.117. The molecule has 14 heavy (non-hydrogen) atoms. The van der Waals surface area contributed by atoms with Gasteiger partial charge >= 0.3 is 0 Å². The quantitative estimate of drug-likeness (QED) is 0.720. The fraction of sp³-hybridized carbons (Fsp3) is 0.250. The molecule has 2 rings (SSSR count). The molecule has 1 aromatic carbocycles. The van der Waals surface area contributed by atoms with Crippen molar-refractivity contribution in [1.82, 2.24) is 4.98 Å². The first-order valence-electron chi connectivity index (χ1n) is 4.83. The van der Waals surface area contributed by atoms with Gasteiger partial charge in [-0.25, -0.2) is 0 Å². The summed E-state index contributed by atoms with van der Waals surface area (Å²) < 4.78 is 0. The first-order valence-corrected chi connectivity index (χ1v) is 4.83. The van der Waals surface area contributed by atoms with Crippen molar-refractivity contribution in [3.8, 4) is 0 Å². The number of nitrogens with one attached hydrogen (secondary N) is 1. The molecule has 0 saturated heterocycles. The summed E-state index contributed by atoms with van der Waals surface area (Å²) in [5, 5.41) is 1.12. The lowest BCUT2D eigenvalue weighted by Crippen LogP contribution is -1.89. The van der Waals surface area contributed by atoms with Crippen molar-refractivity contribution in [3.05, 3.63) is 35.5 Å². The van der Waals surface area contributed by atoms with E-state index in [9.17, 15) is 4.79 Å². The van der Waals surface area contributed by atoms with Crippen LogP contribution in [0.25, 0.3) is 10.9 Å². The summed E-state index contributed by atoms with van der Waals surface area (Å²) in [4.78, 5) is 14.5. The van der Waals surface area contributed by atoms with Crippen molar-refractivity contribution in [2.75, 3.05) is 0 Å². The van der Waals surface area contributed by atoms with E-state index in [0.717, 1.165) is 22.9 Å². The Kier molecular flexibility index (Phi) is 2.12. The Bertz CT molecular complexity index is 482. The Morgan fingerprint density at radius 2 is 2.14 bits per heavy atom. The normalized spacial score (nSPS) is 10.7. The highest BCUT2D eigenvalue weighted by Gasteiger charge is 2.03. The smallest absolute Gasteiger partial charge is 0.159 e. The molecule has 0 unspecified atom stereocenters. The third-order valence-corrected chi connectivity index (χ3v) is 2.46. The molecule has 0 saturated carbocycles. The Morgan fingerprint density at radius 3 is 2.79 bits per heavy atom. The number of Topliss-reactive ketones (excluding diaryl/α,β-unsaturated/α-hetero) is 1. The second-order valence-corrected chi connectivity index (χ2v) is 3.51. The number of aryl methyl sites for hydroxylation is 1. The van der Waals surface area contributed by atoms with Crippen LogP contribution in [0.3, 0.4) is 0 Å². The van der Waals surface area contributed by atoms with E-state index >= 15 is 0 Å². The molecule has 0 amide bonds. The topological polar surface area (TPSA) is 32.9 Å². The molecule has 72 valence electrons. The first-order chi connectivity index (χ1) is 6.70. The van der Waals surface area contributed by atoms with Crippen LogP contribution < -0.4 is 0 Å². The Labute approximate surface area is 82.9 Å². The van der Waals surface area contributed by atoms with E-state index in [0.29, 0.717) is 0 Å². The van der Waals surface area contributed by atoms with Crippen LogP contribution in [0, 0.1) is 0 Å². The second-order valence-electron chi connectivity index (χ2n) is 3.51. The fourth-order valence-corrected chi connectivity index (χ4v) is 1.60. The fourth-order valence-electron chi connectivity index (χ4n) is 1.60. The average Bonchev–Trinajstić information content (AvgIpc) is 2.58. The highest BCUT2D eigenvalue weighted by atomic mass is 16.1. The zero-order valence-corrected chi connectivity index (χ0v) is 8.42. The largest absolute Gasteiger partial charge is 0.358 e. The summed E-state index contributed by atoms with van der Waals surface area (Å²) in [7, 11) is 0. The number of H-pyrrole nitrogens is 1. The third kappa shape index (κ3) is 1.43. The van der Waals surface area contributed by atoms with Gasteiger partial charge in [0, 0.05) is 22.2 Å². The lowest BCUT2D eigenvalue weighted by Gasteiger charge is -1.94. The van der Waals surface area contributed by atoms with E-state index in [2.05, 4.69) is 18.0 Å². The predicted octanol–water partition coefficient (Wildman–Crippen LogP) is 2.93. The van der Waals surface area contributed by atoms with Crippen LogP contribution in [-0.2, 0) is 6.42 Å². The summed E-state index contributed by atoms with van der Waals surface area (Å²) in [6.45, 7) is 3.70. The summed E-state index contributed by atoms with van der Waals surface area (Å²) in [5.41, 5.74) is 3.09. The number of hydrogen-bond donors (Lipinski definition) is 1. The monoisotopic (exact) mass is 187 g/mol. The Hall–Kier alpha value is -1.57. The van der Waals surface area contributed by atoms with Crippen LogP contribution in [0.15, 0.2) is 24.3 Å². The van der Waals surface area contributed by atoms with E-state index in [-0.39, 0.29) is 5.78 Å². The number of benzene rings is 1. The number of ketones is 1. The van der Waals surface area contributed by atoms with Crippen LogP contribution in [0.5, 0.6) is 0 Å². The van der Waals surface area contributed by atoms with E-state index in [1.54, 1.807) is 6.92 Å². The van der Waals surface area contributed by atoms with Crippen LogP contribution in [0.4, 0.5) is 0 Å². The molecule has 1 aromatic heterocycles. The molecule has 0 aliphatic carbocycles. The minimum Gasteiger partial charge on any atom is -0.358 e. The van der Waals surface area contributed by atoms with Gasteiger partial charge < -0.3 is 4.98 Å². The molecule has 2 nitrogen and oxygen atoms in total. The van der Waals surface area contributed by atoms with Crippen LogP contribution >= 0.6 is 0 Å². The van der Waals surface area contributed by atoms with Gasteiger partial charge in [-0.15, -0.1) is 0 Å². The zero-order valence-electron chi connectivity index (χ0n) is 8.42. The van der Waals surface area contributed by atoms with Gasteiger partial charge in [-0.2, -0.15) is 0 Å². The molecule has 0 atom stereocenters. The van der Waals surface area contributed by atoms with Crippen molar-refractivity contribution < 1.29 is 4.79 Å². The Balaban J connectivity index is 2.59. The van der Waals surface area contributed by atoms with Gasteiger partial charge in [-0.3, -0.25) is 4.79 Å². The second kappa shape index (κ2) is 3.29. The number of fused-ring (bicyclic) bond motifs is 1. The van der Waals surface area contributed by atoms with E-state index in [1.165, 1.54) is 5.69 Å². The lowest BCUT2D eigenvalue weighted by atomic mass is 10.1. The molecule has 2 heteroatoms. The third-order valence-electron chi connectivity index (χ3n) is 2.46. The number of aromatic nitrogens is 1. The number of aromatic amines is 1. The molecule has 0 radical (unpaired) electrons. The number of carbonyl (C=O) groups excluding carboxylic acids is 1. The molecular weight excluding hydrogens is 174 g/mol. The molecular formula is C12H13NO. The molecule has 1 heterocycles. The molecule has 0 aliphatic rings. The molecule has 0 spiro atoms. The van der Waals surface area contributed by atoms with Gasteiger partial charge in [-0.05, 0) is 37.6 Å². The van der Waals surface area contributed by atoms with E-state index in [1.807, 2.05) is 18.2 Å².